The zero-order valence-corrected chi connectivity index (χ0v) is 8.41. The van der Waals surface area contributed by atoms with Crippen LogP contribution in [-0.4, -0.2) is 0 Å². The average molecular weight is 173 g/mol. The number of halogens is 1. The second-order valence-electron chi connectivity index (χ2n) is 2.33. The van der Waals surface area contributed by atoms with Gasteiger partial charge in [-0.25, -0.2) is 0 Å². The normalized spacial score (nSPS) is 8.73. The fourth-order valence-electron chi connectivity index (χ4n) is 0.233. The summed E-state index contributed by atoms with van der Waals surface area (Å²) in [5.41, 5.74) is 0.979. The summed E-state index contributed by atoms with van der Waals surface area (Å²) in [6, 6.07) is 0. The molecule has 0 spiro atoms. The summed E-state index contributed by atoms with van der Waals surface area (Å²) in [5.74, 6) is 0. The van der Waals surface area contributed by atoms with Gasteiger partial charge in [0, 0.05) is 5.03 Å². The lowest BCUT2D eigenvalue weighted by molar-refractivity contribution is 1.09. The Bertz CT molecular complexity index is 127. The van der Waals surface area contributed by atoms with Crippen LogP contribution in [0.3, 0.4) is 0 Å². The first-order chi connectivity index (χ1) is 5.04. The molecule has 0 aromatic carbocycles. The Labute approximate surface area is 75.3 Å². The molecule has 0 aliphatic rings. The SMILES string of the molecule is C=C(C)/C=C\C(=C)Cl.CCC. The van der Waals surface area contributed by atoms with E-state index in [1.165, 1.54) is 6.42 Å². The van der Waals surface area contributed by atoms with Crippen molar-refractivity contribution in [3.05, 3.63) is 35.9 Å². The molecule has 0 aliphatic carbocycles. The van der Waals surface area contributed by atoms with Gasteiger partial charge in [0.05, 0.1) is 0 Å². The molecular weight excluding hydrogens is 156 g/mol. The maximum absolute atomic E-state index is 5.40. The molecule has 0 nitrogen and oxygen atoms in total. The first-order valence-electron chi connectivity index (χ1n) is 3.72. The quantitative estimate of drug-likeness (QED) is 0.546. The Morgan fingerprint density at radius 3 is 1.73 bits per heavy atom. The minimum absolute atomic E-state index is 0.535. The minimum atomic E-state index is 0.535. The van der Waals surface area contributed by atoms with Gasteiger partial charge >= 0.3 is 0 Å². The van der Waals surface area contributed by atoms with Crippen molar-refractivity contribution in [2.45, 2.75) is 27.2 Å². The lowest BCUT2D eigenvalue weighted by Crippen LogP contribution is -1.60. The molecule has 0 aromatic rings. The zero-order chi connectivity index (χ0) is 9.28. The smallest absolute Gasteiger partial charge is 0.0334 e. The first-order valence-corrected chi connectivity index (χ1v) is 4.10. The van der Waals surface area contributed by atoms with Gasteiger partial charge in [-0.15, -0.1) is 0 Å². The second kappa shape index (κ2) is 9.51. The minimum Gasteiger partial charge on any atom is -0.0961 e. The maximum Gasteiger partial charge on any atom is 0.0334 e. The third-order valence-corrected chi connectivity index (χ3v) is 0.675. The van der Waals surface area contributed by atoms with E-state index >= 15 is 0 Å². The van der Waals surface area contributed by atoms with E-state index < -0.39 is 0 Å². The monoisotopic (exact) mass is 172 g/mol. The predicted octanol–water partition coefficient (Wildman–Crippen LogP) is 4.29. The van der Waals surface area contributed by atoms with E-state index in [4.69, 9.17) is 11.6 Å². The summed E-state index contributed by atoms with van der Waals surface area (Å²) in [6.07, 6.45) is 4.78. The van der Waals surface area contributed by atoms with Crippen LogP contribution in [-0.2, 0) is 0 Å². The van der Waals surface area contributed by atoms with Crippen LogP contribution in [0.4, 0.5) is 0 Å². The Balaban J connectivity index is 0. The van der Waals surface area contributed by atoms with E-state index in [1.807, 2.05) is 13.0 Å². The van der Waals surface area contributed by atoms with E-state index in [0.717, 1.165) is 5.57 Å². The van der Waals surface area contributed by atoms with Crippen molar-refractivity contribution >= 4 is 11.6 Å². The molecule has 11 heavy (non-hydrogen) atoms. The molecule has 0 aliphatic heterocycles. The van der Waals surface area contributed by atoms with Crippen LogP contribution in [0.2, 0.25) is 0 Å². The van der Waals surface area contributed by atoms with Crippen LogP contribution in [0, 0.1) is 0 Å². The van der Waals surface area contributed by atoms with E-state index in [1.54, 1.807) is 6.08 Å². The molecule has 0 N–H and O–H groups in total. The Morgan fingerprint density at radius 1 is 1.27 bits per heavy atom. The largest absolute Gasteiger partial charge is 0.0961 e. The van der Waals surface area contributed by atoms with Gasteiger partial charge < -0.3 is 0 Å². The summed E-state index contributed by atoms with van der Waals surface area (Å²) in [4.78, 5) is 0. The fourth-order valence-corrected chi connectivity index (χ4v) is 0.296. The Morgan fingerprint density at radius 2 is 1.64 bits per heavy atom. The third-order valence-electron chi connectivity index (χ3n) is 0.549. The van der Waals surface area contributed by atoms with Crippen LogP contribution in [0.15, 0.2) is 35.9 Å². The number of hydrogen-bond acceptors (Lipinski definition) is 0. The van der Waals surface area contributed by atoms with Crippen molar-refractivity contribution in [1.82, 2.24) is 0 Å². The van der Waals surface area contributed by atoms with Crippen LogP contribution >= 0.6 is 11.6 Å². The molecule has 0 aromatic heterocycles. The number of allylic oxidation sites excluding steroid dienone is 4. The maximum atomic E-state index is 5.40. The Kier molecular flexibility index (Phi) is 11.3. The van der Waals surface area contributed by atoms with Gasteiger partial charge in [0.2, 0.25) is 0 Å². The second-order valence-corrected chi connectivity index (χ2v) is 2.82. The van der Waals surface area contributed by atoms with Gasteiger partial charge in [-0.3, -0.25) is 0 Å². The van der Waals surface area contributed by atoms with E-state index in [-0.39, 0.29) is 0 Å². The summed E-state index contributed by atoms with van der Waals surface area (Å²) in [7, 11) is 0. The van der Waals surface area contributed by atoms with Crippen molar-refractivity contribution in [2.24, 2.45) is 0 Å². The van der Waals surface area contributed by atoms with Gasteiger partial charge in [-0.2, -0.15) is 0 Å². The molecule has 0 heterocycles. The number of hydrogen-bond donors (Lipinski definition) is 0. The third kappa shape index (κ3) is 26.4. The molecule has 0 saturated carbocycles. The zero-order valence-electron chi connectivity index (χ0n) is 7.65. The van der Waals surface area contributed by atoms with Crippen LogP contribution in [0.25, 0.3) is 0 Å². The van der Waals surface area contributed by atoms with Crippen molar-refractivity contribution < 1.29 is 0 Å². The van der Waals surface area contributed by atoms with Crippen molar-refractivity contribution in [2.75, 3.05) is 0 Å². The van der Waals surface area contributed by atoms with Crippen LogP contribution in [0.5, 0.6) is 0 Å². The van der Waals surface area contributed by atoms with Gasteiger partial charge in [0.15, 0.2) is 0 Å². The first kappa shape index (κ1) is 13.1. The van der Waals surface area contributed by atoms with E-state index in [0.29, 0.717) is 5.03 Å². The number of rotatable bonds is 2. The van der Waals surface area contributed by atoms with Crippen molar-refractivity contribution in [1.29, 1.82) is 0 Å². The van der Waals surface area contributed by atoms with Crippen molar-refractivity contribution in [3.63, 3.8) is 0 Å². The fraction of sp³-hybridized carbons (Fsp3) is 0.400. The van der Waals surface area contributed by atoms with E-state index in [2.05, 4.69) is 27.0 Å². The van der Waals surface area contributed by atoms with Gasteiger partial charge in [0.25, 0.3) is 0 Å². The standard InChI is InChI=1S/C7H9Cl.C3H8/c1-6(2)4-5-7(3)8;1-3-2/h4-5H,1,3H2,2H3;3H2,1-2H3/b5-4-;. The summed E-state index contributed by atoms with van der Waals surface area (Å²) in [5, 5.41) is 0.535. The molecule has 0 bridgehead atoms. The van der Waals surface area contributed by atoms with Crippen LogP contribution in [0.1, 0.15) is 27.2 Å². The van der Waals surface area contributed by atoms with E-state index in [9.17, 15) is 0 Å². The molecule has 0 atom stereocenters. The highest BCUT2D eigenvalue weighted by molar-refractivity contribution is 6.30. The molecule has 1 heteroatoms. The summed E-state index contributed by atoms with van der Waals surface area (Å²) in [6.45, 7) is 13.3. The molecule has 0 radical (unpaired) electrons. The highest BCUT2D eigenvalue weighted by Crippen LogP contribution is 2.00. The predicted molar refractivity (Wildman–Crippen MR) is 54.9 cm³/mol. The molecular formula is C10H17Cl. The summed E-state index contributed by atoms with van der Waals surface area (Å²) >= 11 is 5.40. The van der Waals surface area contributed by atoms with Crippen molar-refractivity contribution in [3.8, 4) is 0 Å². The van der Waals surface area contributed by atoms with Crippen LogP contribution < -0.4 is 0 Å². The highest BCUT2D eigenvalue weighted by atomic mass is 35.5. The molecule has 0 rings (SSSR count). The lowest BCUT2D eigenvalue weighted by Gasteiger charge is -1.82. The molecule has 64 valence electrons. The van der Waals surface area contributed by atoms with Gasteiger partial charge in [-0.05, 0) is 13.0 Å². The van der Waals surface area contributed by atoms with Gasteiger partial charge in [0.1, 0.15) is 0 Å². The molecule has 0 saturated heterocycles. The molecule has 0 fully saturated rings. The average Bonchev–Trinajstić information content (AvgIpc) is 1.85. The highest BCUT2D eigenvalue weighted by Gasteiger charge is 1.74. The topological polar surface area (TPSA) is 0 Å². The molecule has 0 unspecified atom stereocenters. The molecule has 0 amide bonds. The lowest BCUT2D eigenvalue weighted by atomic mass is 10.3. The Hall–Kier alpha value is -0.490. The summed E-state index contributed by atoms with van der Waals surface area (Å²) < 4.78 is 0. The van der Waals surface area contributed by atoms with Gasteiger partial charge in [-0.1, -0.05) is 56.7 Å².